The van der Waals surface area contributed by atoms with Gasteiger partial charge in [0.25, 0.3) is 0 Å². The lowest BCUT2D eigenvalue weighted by atomic mass is 9.87. The number of hydrazine groups is 1. The van der Waals surface area contributed by atoms with E-state index in [1.165, 1.54) is 0 Å². The Morgan fingerprint density at radius 2 is 1.95 bits per heavy atom. The minimum absolute atomic E-state index is 0.0500. The summed E-state index contributed by atoms with van der Waals surface area (Å²) in [7, 11) is 1.70. The monoisotopic (exact) mass is 357 g/mol. The Hall–Kier alpha value is -0.620. The fraction of sp³-hybridized carbons (Fsp3) is 0.625. The van der Waals surface area contributed by atoms with Crippen molar-refractivity contribution in [2.24, 2.45) is 5.84 Å². The molecule has 0 aliphatic heterocycles. The summed E-state index contributed by atoms with van der Waals surface area (Å²) in [6, 6.07) is 6.20. The van der Waals surface area contributed by atoms with Gasteiger partial charge in [0.2, 0.25) is 0 Å². The third-order valence-electron chi connectivity index (χ3n) is 4.30. The Kier molecular flexibility index (Phi) is 7.13. The van der Waals surface area contributed by atoms with Crippen molar-refractivity contribution in [3.05, 3.63) is 28.2 Å². The number of benzene rings is 1. The minimum Gasteiger partial charge on any atom is -0.496 e. The van der Waals surface area contributed by atoms with Gasteiger partial charge in [-0.3, -0.25) is 16.2 Å². The molecule has 4 nitrogen and oxygen atoms in total. The number of hydrogen-bond acceptors (Lipinski definition) is 4. The highest BCUT2D eigenvalue weighted by molar-refractivity contribution is 9.10. The maximum atomic E-state index is 5.85. The zero-order chi connectivity index (χ0) is 16.0. The number of nitrogens with zero attached hydrogens (tertiary/aromatic N) is 1. The lowest BCUT2D eigenvalue weighted by molar-refractivity contribution is 0.0909. The Morgan fingerprint density at radius 1 is 1.33 bits per heavy atom. The van der Waals surface area contributed by atoms with Gasteiger partial charge in [0.05, 0.1) is 7.11 Å². The lowest BCUT2D eigenvalue weighted by Crippen LogP contribution is -2.60. The SMILES string of the molecule is CCN(CC)C(C)(C)C(Cc1cc(Br)ccc1OC)NN. The van der Waals surface area contributed by atoms with E-state index in [9.17, 15) is 0 Å². The zero-order valence-electron chi connectivity index (χ0n) is 13.7. The molecule has 0 heterocycles. The molecule has 0 bridgehead atoms. The van der Waals surface area contributed by atoms with Crippen LogP contribution in [0.25, 0.3) is 0 Å². The zero-order valence-corrected chi connectivity index (χ0v) is 15.3. The number of nitrogens with two attached hydrogens (primary N) is 1. The number of methoxy groups -OCH3 is 1. The van der Waals surface area contributed by atoms with Crippen LogP contribution in [0.4, 0.5) is 0 Å². The van der Waals surface area contributed by atoms with Crippen molar-refractivity contribution >= 4 is 15.9 Å². The number of halogens is 1. The van der Waals surface area contributed by atoms with Crippen molar-refractivity contribution in [3.8, 4) is 5.75 Å². The predicted octanol–water partition coefficient (Wildman–Crippen LogP) is 2.95. The molecule has 1 atom stereocenters. The minimum atomic E-state index is -0.0500. The van der Waals surface area contributed by atoms with E-state index >= 15 is 0 Å². The molecule has 0 aromatic heterocycles. The second kappa shape index (κ2) is 8.13. The third kappa shape index (κ3) is 4.42. The highest BCUT2D eigenvalue weighted by Crippen LogP contribution is 2.28. The van der Waals surface area contributed by atoms with E-state index in [1.807, 2.05) is 12.1 Å². The van der Waals surface area contributed by atoms with Crippen molar-refractivity contribution in [1.29, 1.82) is 0 Å². The Morgan fingerprint density at radius 3 is 2.43 bits per heavy atom. The average Bonchev–Trinajstić information content (AvgIpc) is 2.45. The predicted molar refractivity (Wildman–Crippen MR) is 92.5 cm³/mol. The molecule has 0 radical (unpaired) electrons. The van der Waals surface area contributed by atoms with Crippen molar-refractivity contribution in [2.45, 2.75) is 45.7 Å². The quantitative estimate of drug-likeness (QED) is 0.554. The normalized spacial score (nSPS) is 13.5. The van der Waals surface area contributed by atoms with E-state index in [4.69, 9.17) is 10.6 Å². The van der Waals surface area contributed by atoms with Crippen molar-refractivity contribution in [1.82, 2.24) is 10.3 Å². The summed E-state index contributed by atoms with van der Waals surface area (Å²) in [5, 5.41) is 0. The van der Waals surface area contributed by atoms with Crippen LogP contribution in [0, 0.1) is 0 Å². The van der Waals surface area contributed by atoms with Gasteiger partial charge in [-0.15, -0.1) is 0 Å². The molecule has 120 valence electrons. The van der Waals surface area contributed by atoms with Crippen LogP contribution < -0.4 is 16.0 Å². The second-order valence-corrected chi connectivity index (χ2v) is 6.62. The summed E-state index contributed by atoms with van der Waals surface area (Å²) in [5.74, 6) is 6.75. The van der Waals surface area contributed by atoms with Crippen LogP contribution in [-0.2, 0) is 6.42 Å². The first-order valence-electron chi connectivity index (χ1n) is 7.44. The van der Waals surface area contributed by atoms with E-state index in [0.29, 0.717) is 0 Å². The van der Waals surface area contributed by atoms with E-state index in [-0.39, 0.29) is 11.6 Å². The van der Waals surface area contributed by atoms with Gasteiger partial charge in [0.1, 0.15) is 5.75 Å². The molecule has 0 spiro atoms. The summed E-state index contributed by atoms with van der Waals surface area (Å²) in [4.78, 5) is 2.42. The Labute approximate surface area is 137 Å². The number of ether oxygens (including phenoxy) is 1. The largest absolute Gasteiger partial charge is 0.496 e. The fourth-order valence-electron chi connectivity index (χ4n) is 2.90. The van der Waals surface area contributed by atoms with E-state index in [2.05, 4.69) is 60.0 Å². The van der Waals surface area contributed by atoms with E-state index < -0.39 is 0 Å². The highest BCUT2D eigenvalue weighted by atomic mass is 79.9. The van der Waals surface area contributed by atoms with E-state index in [0.717, 1.165) is 35.3 Å². The molecule has 0 saturated carbocycles. The first kappa shape index (κ1) is 18.4. The molecule has 0 amide bonds. The van der Waals surface area contributed by atoms with Gasteiger partial charge < -0.3 is 4.74 Å². The van der Waals surface area contributed by atoms with Gasteiger partial charge in [-0.25, -0.2) is 0 Å². The summed E-state index contributed by atoms with van der Waals surface area (Å²) < 4.78 is 6.52. The summed E-state index contributed by atoms with van der Waals surface area (Å²) in [5.41, 5.74) is 4.10. The molecule has 21 heavy (non-hydrogen) atoms. The first-order chi connectivity index (χ1) is 9.90. The van der Waals surface area contributed by atoms with Crippen molar-refractivity contribution in [2.75, 3.05) is 20.2 Å². The van der Waals surface area contributed by atoms with Crippen LogP contribution in [0.5, 0.6) is 5.75 Å². The van der Waals surface area contributed by atoms with E-state index in [1.54, 1.807) is 7.11 Å². The van der Waals surface area contributed by atoms with Crippen LogP contribution in [0.1, 0.15) is 33.3 Å². The maximum Gasteiger partial charge on any atom is 0.122 e. The molecular weight excluding hydrogens is 330 g/mol. The molecule has 5 heteroatoms. The molecule has 1 unspecified atom stereocenters. The van der Waals surface area contributed by atoms with Gasteiger partial charge in [-0.05, 0) is 57.1 Å². The van der Waals surface area contributed by atoms with Gasteiger partial charge >= 0.3 is 0 Å². The molecule has 1 aromatic carbocycles. The van der Waals surface area contributed by atoms with Crippen molar-refractivity contribution in [3.63, 3.8) is 0 Å². The molecule has 3 N–H and O–H groups in total. The molecule has 0 saturated heterocycles. The third-order valence-corrected chi connectivity index (χ3v) is 4.79. The van der Waals surface area contributed by atoms with Gasteiger partial charge in [0.15, 0.2) is 0 Å². The van der Waals surface area contributed by atoms with Crippen LogP contribution >= 0.6 is 15.9 Å². The van der Waals surface area contributed by atoms with Crippen LogP contribution in [-0.4, -0.2) is 36.7 Å². The van der Waals surface area contributed by atoms with Gasteiger partial charge in [0, 0.05) is 16.1 Å². The second-order valence-electron chi connectivity index (χ2n) is 5.71. The van der Waals surface area contributed by atoms with Crippen LogP contribution in [0.2, 0.25) is 0 Å². The van der Waals surface area contributed by atoms with Crippen molar-refractivity contribution < 1.29 is 4.74 Å². The smallest absolute Gasteiger partial charge is 0.122 e. The topological polar surface area (TPSA) is 50.5 Å². The highest BCUT2D eigenvalue weighted by Gasteiger charge is 2.33. The summed E-state index contributed by atoms with van der Waals surface area (Å²) in [6.07, 6.45) is 0.808. The van der Waals surface area contributed by atoms with Crippen LogP contribution in [0.15, 0.2) is 22.7 Å². The molecule has 0 fully saturated rings. The summed E-state index contributed by atoms with van der Waals surface area (Å²) >= 11 is 3.53. The van der Waals surface area contributed by atoms with Gasteiger partial charge in [-0.2, -0.15) is 0 Å². The average molecular weight is 358 g/mol. The summed E-state index contributed by atoms with van der Waals surface area (Å²) in [6.45, 7) is 10.8. The molecule has 1 rings (SSSR count). The maximum absolute atomic E-state index is 5.85. The van der Waals surface area contributed by atoms with Gasteiger partial charge in [-0.1, -0.05) is 29.8 Å². The number of rotatable bonds is 8. The number of likely N-dealkylation sites (N-methyl/N-ethyl adjacent to an activating group) is 1. The molecule has 0 aliphatic rings. The Bertz CT molecular complexity index is 447. The van der Waals surface area contributed by atoms with Crippen LogP contribution in [0.3, 0.4) is 0 Å². The lowest BCUT2D eigenvalue weighted by Gasteiger charge is -2.43. The first-order valence-corrected chi connectivity index (χ1v) is 8.23. The molecule has 0 aliphatic carbocycles. The molecule has 1 aromatic rings. The molecular formula is C16H28BrN3O. The Balaban J connectivity index is 3.04. The number of nitrogens with one attached hydrogen (secondary N) is 1. The fourth-order valence-corrected chi connectivity index (χ4v) is 3.31. The standard InChI is InChI=1S/C16H28BrN3O/c1-6-20(7-2)16(3,4)15(19-18)11-12-10-13(17)8-9-14(12)21-5/h8-10,15,19H,6-7,11,18H2,1-5H3. The number of hydrogen-bond donors (Lipinski definition) is 2.